The number of para-hydroxylation sites is 1. The monoisotopic (exact) mass is 347 g/mol. The number of hydrogen-bond donors (Lipinski definition) is 1. The number of carboxylic acids is 1. The van der Waals surface area contributed by atoms with Crippen LogP contribution in [-0.4, -0.2) is 46.9 Å². The van der Waals surface area contributed by atoms with Gasteiger partial charge in [0, 0.05) is 0 Å². The molecule has 1 amide bonds. The Morgan fingerprint density at radius 2 is 2.00 bits per heavy atom. The molecule has 1 unspecified atom stereocenters. The van der Waals surface area contributed by atoms with Crippen LogP contribution in [0.4, 0.5) is 0 Å². The highest BCUT2D eigenvalue weighted by Crippen LogP contribution is 2.43. The molecule has 0 bridgehead atoms. The molecule has 1 aliphatic carbocycles. The van der Waals surface area contributed by atoms with Gasteiger partial charge in [-0.15, -0.1) is 0 Å². The molecular formula is C19H25NO5. The molecule has 1 saturated carbocycles. The van der Waals surface area contributed by atoms with E-state index >= 15 is 0 Å². The van der Waals surface area contributed by atoms with Gasteiger partial charge >= 0.3 is 5.97 Å². The lowest BCUT2D eigenvalue weighted by Crippen LogP contribution is -2.55. The summed E-state index contributed by atoms with van der Waals surface area (Å²) in [6.07, 6.45) is 3.17. The van der Waals surface area contributed by atoms with Crippen LogP contribution in [-0.2, 0) is 9.53 Å². The minimum atomic E-state index is -1.03. The van der Waals surface area contributed by atoms with Gasteiger partial charge in [0.25, 0.3) is 5.91 Å². The number of carbonyl (C=O) groups excluding carboxylic acids is 1. The Labute approximate surface area is 147 Å². The predicted molar refractivity (Wildman–Crippen MR) is 91.5 cm³/mol. The van der Waals surface area contributed by atoms with Crippen LogP contribution in [0.25, 0.3) is 0 Å². The fourth-order valence-corrected chi connectivity index (χ4v) is 3.82. The fraction of sp³-hybridized carbons (Fsp3) is 0.579. The van der Waals surface area contributed by atoms with E-state index in [0.717, 1.165) is 12.8 Å². The number of aliphatic carboxylic acids is 1. The Morgan fingerprint density at radius 1 is 1.32 bits per heavy atom. The Balaban J connectivity index is 1.97. The first kappa shape index (κ1) is 17.7. The lowest BCUT2D eigenvalue weighted by molar-refractivity contribution is -0.143. The van der Waals surface area contributed by atoms with E-state index in [9.17, 15) is 14.7 Å². The molecule has 0 aromatic heterocycles. The standard InChI is InChI=1S/C19H25NO5/c1-3-24-16-7-5-4-6-14(16)17(21)20-15(18(22)23)12-25-19(20)10-8-13(2)9-11-19/h4-7,13,15H,3,8-12H2,1-2H3,(H,22,23). The highest BCUT2D eigenvalue weighted by molar-refractivity contribution is 5.99. The van der Waals surface area contributed by atoms with E-state index in [-0.39, 0.29) is 12.5 Å². The van der Waals surface area contributed by atoms with Crippen molar-refractivity contribution in [1.29, 1.82) is 0 Å². The van der Waals surface area contributed by atoms with Crippen LogP contribution in [0.3, 0.4) is 0 Å². The Hall–Kier alpha value is -2.08. The number of carboxylic acid groups (broad SMARTS) is 1. The molecule has 1 atom stereocenters. The first-order valence-corrected chi connectivity index (χ1v) is 8.91. The van der Waals surface area contributed by atoms with Gasteiger partial charge in [0.2, 0.25) is 0 Å². The molecule has 1 aromatic carbocycles. The Morgan fingerprint density at radius 3 is 2.64 bits per heavy atom. The van der Waals surface area contributed by atoms with Gasteiger partial charge in [0.15, 0.2) is 6.04 Å². The molecule has 2 aliphatic rings. The highest BCUT2D eigenvalue weighted by Gasteiger charge is 2.54. The molecule has 136 valence electrons. The number of ether oxygens (including phenoxy) is 2. The van der Waals surface area contributed by atoms with Gasteiger partial charge < -0.3 is 14.6 Å². The van der Waals surface area contributed by atoms with E-state index in [2.05, 4.69) is 6.92 Å². The average Bonchev–Trinajstić information content (AvgIpc) is 2.97. The number of rotatable bonds is 4. The molecule has 2 fully saturated rings. The molecule has 1 aliphatic heterocycles. The molecule has 1 heterocycles. The highest BCUT2D eigenvalue weighted by atomic mass is 16.5. The number of hydrogen-bond acceptors (Lipinski definition) is 4. The smallest absolute Gasteiger partial charge is 0.328 e. The van der Waals surface area contributed by atoms with Gasteiger partial charge in [-0.1, -0.05) is 19.1 Å². The fourth-order valence-electron chi connectivity index (χ4n) is 3.82. The third-order valence-corrected chi connectivity index (χ3v) is 5.24. The first-order chi connectivity index (χ1) is 12.0. The number of amides is 1. The van der Waals surface area contributed by atoms with Crippen LogP contribution in [0.15, 0.2) is 24.3 Å². The molecule has 6 heteroatoms. The summed E-state index contributed by atoms with van der Waals surface area (Å²) < 4.78 is 11.5. The molecule has 1 saturated heterocycles. The van der Waals surface area contributed by atoms with Crippen LogP contribution in [0.2, 0.25) is 0 Å². The van der Waals surface area contributed by atoms with Gasteiger partial charge in [0.1, 0.15) is 11.5 Å². The van der Waals surface area contributed by atoms with E-state index in [4.69, 9.17) is 9.47 Å². The van der Waals surface area contributed by atoms with Crippen LogP contribution in [0.1, 0.15) is 49.9 Å². The van der Waals surface area contributed by atoms with Crippen molar-refractivity contribution in [2.45, 2.75) is 51.3 Å². The Bertz CT molecular complexity index is 651. The molecule has 1 N–H and O–H groups in total. The largest absolute Gasteiger partial charge is 0.493 e. The van der Waals surface area contributed by atoms with E-state index in [0.29, 0.717) is 36.7 Å². The zero-order valence-corrected chi connectivity index (χ0v) is 14.7. The van der Waals surface area contributed by atoms with Crippen molar-refractivity contribution in [2.75, 3.05) is 13.2 Å². The molecule has 0 radical (unpaired) electrons. The molecule has 6 nitrogen and oxygen atoms in total. The normalized spacial score (nSPS) is 29.0. The maximum Gasteiger partial charge on any atom is 0.328 e. The van der Waals surface area contributed by atoms with Crippen molar-refractivity contribution in [2.24, 2.45) is 5.92 Å². The predicted octanol–water partition coefficient (Wildman–Crippen LogP) is 2.92. The van der Waals surface area contributed by atoms with Crippen molar-refractivity contribution < 1.29 is 24.2 Å². The van der Waals surface area contributed by atoms with Gasteiger partial charge in [0.05, 0.1) is 18.8 Å². The summed E-state index contributed by atoms with van der Waals surface area (Å²) >= 11 is 0. The summed E-state index contributed by atoms with van der Waals surface area (Å²) in [6, 6.07) is 6.02. The maximum atomic E-state index is 13.3. The second kappa shape index (κ2) is 7.04. The summed E-state index contributed by atoms with van der Waals surface area (Å²) in [4.78, 5) is 26.5. The zero-order chi connectivity index (χ0) is 18.0. The third-order valence-electron chi connectivity index (χ3n) is 5.24. The summed E-state index contributed by atoms with van der Waals surface area (Å²) in [5.41, 5.74) is -0.425. The molecule has 1 aromatic rings. The van der Waals surface area contributed by atoms with Crippen molar-refractivity contribution in [3.8, 4) is 5.75 Å². The maximum absolute atomic E-state index is 13.3. The number of benzene rings is 1. The Kier molecular flexibility index (Phi) is 4.99. The van der Waals surface area contributed by atoms with E-state index in [1.54, 1.807) is 24.3 Å². The minimum Gasteiger partial charge on any atom is -0.493 e. The summed E-state index contributed by atoms with van der Waals surface area (Å²) in [6.45, 7) is 4.50. The topological polar surface area (TPSA) is 76.1 Å². The van der Waals surface area contributed by atoms with Crippen molar-refractivity contribution in [3.05, 3.63) is 29.8 Å². The molecular weight excluding hydrogens is 322 g/mol. The number of carbonyl (C=O) groups is 2. The van der Waals surface area contributed by atoms with Crippen LogP contribution in [0, 0.1) is 5.92 Å². The van der Waals surface area contributed by atoms with Crippen LogP contribution in [0.5, 0.6) is 5.75 Å². The number of nitrogens with zero attached hydrogens (tertiary/aromatic N) is 1. The third kappa shape index (κ3) is 3.23. The van der Waals surface area contributed by atoms with Gasteiger partial charge in [-0.05, 0) is 50.7 Å². The first-order valence-electron chi connectivity index (χ1n) is 8.91. The van der Waals surface area contributed by atoms with Gasteiger partial charge in [-0.25, -0.2) is 4.79 Å². The lowest BCUT2D eigenvalue weighted by Gasteiger charge is -2.42. The summed E-state index contributed by atoms with van der Waals surface area (Å²) in [5, 5.41) is 9.61. The SMILES string of the molecule is CCOc1ccccc1C(=O)N1C(C(=O)O)COC12CCC(C)CC2. The van der Waals surface area contributed by atoms with E-state index < -0.39 is 17.7 Å². The summed E-state index contributed by atoms with van der Waals surface area (Å²) in [7, 11) is 0. The summed E-state index contributed by atoms with van der Waals surface area (Å²) in [5.74, 6) is -0.322. The molecule has 1 spiro atoms. The van der Waals surface area contributed by atoms with E-state index in [1.165, 1.54) is 4.90 Å². The molecule has 25 heavy (non-hydrogen) atoms. The quantitative estimate of drug-likeness (QED) is 0.906. The second-order valence-corrected chi connectivity index (χ2v) is 6.90. The van der Waals surface area contributed by atoms with Crippen molar-refractivity contribution >= 4 is 11.9 Å². The van der Waals surface area contributed by atoms with Crippen LogP contribution < -0.4 is 4.74 Å². The zero-order valence-electron chi connectivity index (χ0n) is 14.7. The van der Waals surface area contributed by atoms with Gasteiger partial charge in [-0.3, -0.25) is 9.69 Å². The van der Waals surface area contributed by atoms with Crippen molar-refractivity contribution in [1.82, 2.24) is 4.90 Å². The van der Waals surface area contributed by atoms with Crippen LogP contribution >= 0.6 is 0 Å². The lowest BCUT2D eigenvalue weighted by atomic mass is 9.83. The van der Waals surface area contributed by atoms with Gasteiger partial charge in [-0.2, -0.15) is 0 Å². The molecule has 3 rings (SSSR count). The van der Waals surface area contributed by atoms with Crippen molar-refractivity contribution in [3.63, 3.8) is 0 Å². The minimum absolute atomic E-state index is 0.0340. The van der Waals surface area contributed by atoms with E-state index in [1.807, 2.05) is 6.92 Å². The average molecular weight is 347 g/mol. The second-order valence-electron chi connectivity index (χ2n) is 6.90.